The molecule has 0 saturated heterocycles. The summed E-state index contributed by atoms with van der Waals surface area (Å²) in [5.74, 6) is 2.79. The Kier molecular flexibility index (Phi) is 7.06. The summed E-state index contributed by atoms with van der Waals surface area (Å²) in [4.78, 5) is 11.3. The van der Waals surface area contributed by atoms with Crippen LogP contribution in [-0.2, 0) is 4.79 Å². The highest BCUT2D eigenvalue weighted by molar-refractivity contribution is 7.99. The predicted molar refractivity (Wildman–Crippen MR) is 61.2 cm³/mol. The summed E-state index contributed by atoms with van der Waals surface area (Å²) in [7, 11) is 0. The Bertz CT molecular complexity index is 173. The van der Waals surface area contributed by atoms with E-state index < -0.39 is 0 Å². The molecule has 0 aromatic rings. The minimum absolute atomic E-state index is 0.355. The Morgan fingerprint density at radius 3 is 2.46 bits per heavy atom. The van der Waals surface area contributed by atoms with Crippen LogP contribution in [0.2, 0.25) is 0 Å². The lowest BCUT2D eigenvalue weighted by Crippen LogP contribution is -2.03. The summed E-state index contributed by atoms with van der Waals surface area (Å²) in [5, 5.41) is 0. The molecule has 0 aliphatic carbocycles. The molecule has 1 nitrogen and oxygen atoms in total. The van der Waals surface area contributed by atoms with E-state index in [2.05, 4.69) is 20.4 Å². The van der Waals surface area contributed by atoms with Gasteiger partial charge in [-0.1, -0.05) is 19.4 Å². The number of Topliss-reactive ketones (excluding diaryl/α,β-unsaturated/α-hetero) is 1. The number of allylic oxidation sites excluding steroid dienone is 1. The van der Waals surface area contributed by atoms with Crippen LogP contribution in [0.1, 0.15) is 33.6 Å². The summed E-state index contributed by atoms with van der Waals surface area (Å²) >= 11 is 1.74. The standard InChI is InChI=1S/C11H20OS/c1-9(2)5-6-11(12)8-13-7-10(3)4/h10H,1,5-8H2,2-4H3. The Morgan fingerprint density at radius 1 is 1.38 bits per heavy atom. The van der Waals surface area contributed by atoms with Crippen LogP contribution in [0.4, 0.5) is 0 Å². The van der Waals surface area contributed by atoms with Crippen molar-refractivity contribution in [2.75, 3.05) is 11.5 Å². The molecule has 0 aliphatic rings. The Labute approximate surface area is 86.0 Å². The van der Waals surface area contributed by atoms with Crippen LogP contribution < -0.4 is 0 Å². The summed E-state index contributed by atoms with van der Waals surface area (Å²) < 4.78 is 0. The van der Waals surface area contributed by atoms with Gasteiger partial charge in [-0.25, -0.2) is 0 Å². The molecule has 2 heteroatoms. The average molecular weight is 200 g/mol. The first-order valence-electron chi connectivity index (χ1n) is 4.76. The monoisotopic (exact) mass is 200 g/mol. The van der Waals surface area contributed by atoms with Gasteiger partial charge >= 0.3 is 0 Å². The van der Waals surface area contributed by atoms with Crippen molar-refractivity contribution in [2.24, 2.45) is 5.92 Å². The van der Waals surface area contributed by atoms with Gasteiger partial charge in [0.1, 0.15) is 5.78 Å². The number of thioether (sulfide) groups is 1. The van der Waals surface area contributed by atoms with E-state index in [0.29, 0.717) is 23.9 Å². The fourth-order valence-corrected chi connectivity index (χ4v) is 1.79. The van der Waals surface area contributed by atoms with Crippen molar-refractivity contribution in [1.82, 2.24) is 0 Å². The van der Waals surface area contributed by atoms with E-state index in [9.17, 15) is 4.79 Å². The summed E-state index contributed by atoms with van der Waals surface area (Å²) in [6.45, 7) is 10.1. The lowest BCUT2D eigenvalue weighted by atomic mass is 10.1. The topological polar surface area (TPSA) is 17.1 Å². The van der Waals surface area contributed by atoms with Crippen LogP contribution in [-0.4, -0.2) is 17.3 Å². The van der Waals surface area contributed by atoms with E-state index in [0.717, 1.165) is 17.7 Å². The smallest absolute Gasteiger partial charge is 0.143 e. The molecule has 0 bridgehead atoms. The molecular weight excluding hydrogens is 180 g/mol. The maximum absolute atomic E-state index is 11.3. The van der Waals surface area contributed by atoms with Gasteiger partial charge < -0.3 is 0 Å². The maximum atomic E-state index is 11.3. The van der Waals surface area contributed by atoms with Crippen LogP contribution in [0.3, 0.4) is 0 Å². The van der Waals surface area contributed by atoms with Gasteiger partial charge in [0.05, 0.1) is 5.75 Å². The van der Waals surface area contributed by atoms with E-state index in [1.54, 1.807) is 11.8 Å². The van der Waals surface area contributed by atoms with Crippen molar-refractivity contribution >= 4 is 17.5 Å². The van der Waals surface area contributed by atoms with Crippen molar-refractivity contribution in [3.8, 4) is 0 Å². The molecule has 0 heterocycles. The second-order valence-corrected chi connectivity index (χ2v) is 4.94. The van der Waals surface area contributed by atoms with Crippen molar-refractivity contribution < 1.29 is 4.79 Å². The molecule has 0 aliphatic heterocycles. The molecule has 0 N–H and O–H groups in total. The number of carbonyl (C=O) groups is 1. The molecule has 0 spiro atoms. The fourth-order valence-electron chi connectivity index (χ4n) is 0.833. The van der Waals surface area contributed by atoms with Gasteiger partial charge in [0.2, 0.25) is 0 Å². The van der Waals surface area contributed by atoms with Gasteiger partial charge in [-0.15, -0.1) is 6.58 Å². The van der Waals surface area contributed by atoms with Crippen LogP contribution in [0.15, 0.2) is 12.2 Å². The molecule has 0 amide bonds. The quantitative estimate of drug-likeness (QED) is 0.587. The highest BCUT2D eigenvalue weighted by Gasteiger charge is 2.02. The number of ketones is 1. The molecule has 0 aromatic carbocycles. The van der Waals surface area contributed by atoms with Crippen molar-refractivity contribution in [1.29, 1.82) is 0 Å². The first-order valence-corrected chi connectivity index (χ1v) is 5.91. The number of hydrogen-bond donors (Lipinski definition) is 0. The van der Waals surface area contributed by atoms with Gasteiger partial charge in [-0.2, -0.15) is 11.8 Å². The van der Waals surface area contributed by atoms with Gasteiger partial charge in [0, 0.05) is 6.42 Å². The van der Waals surface area contributed by atoms with Crippen molar-refractivity contribution in [2.45, 2.75) is 33.6 Å². The molecule has 13 heavy (non-hydrogen) atoms. The average Bonchev–Trinajstić information content (AvgIpc) is 2.00. The number of rotatable bonds is 7. The maximum Gasteiger partial charge on any atom is 0.143 e. The van der Waals surface area contributed by atoms with E-state index in [-0.39, 0.29) is 0 Å². The molecular formula is C11H20OS. The number of hydrogen-bond acceptors (Lipinski definition) is 2. The molecule has 0 fully saturated rings. The van der Waals surface area contributed by atoms with Gasteiger partial charge in [0.25, 0.3) is 0 Å². The lowest BCUT2D eigenvalue weighted by molar-refractivity contribution is -0.116. The minimum Gasteiger partial charge on any atom is -0.299 e. The third kappa shape index (κ3) is 9.68. The largest absolute Gasteiger partial charge is 0.299 e. The fraction of sp³-hybridized carbons (Fsp3) is 0.727. The number of carbonyl (C=O) groups excluding carboxylic acids is 1. The molecule has 0 aromatic heterocycles. The van der Waals surface area contributed by atoms with Crippen LogP contribution in [0.5, 0.6) is 0 Å². The molecule has 0 saturated carbocycles. The Balaban J connectivity index is 3.36. The first kappa shape index (κ1) is 12.8. The van der Waals surface area contributed by atoms with E-state index in [4.69, 9.17) is 0 Å². The van der Waals surface area contributed by atoms with E-state index in [1.165, 1.54) is 0 Å². The Hall–Kier alpha value is -0.240. The van der Waals surface area contributed by atoms with Crippen LogP contribution in [0.25, 0.3) is 0 Å². The third-order valence-corrected chi connectivity index (χ3v) is 2.97. The molecule has 0 atom stereocenters. The van der Waals surface area contributed by atoms with E-state index in [1.807, 2.05) is 6.92 Å². The highest BCUT2D eigenvalue weighted by atomic mass is 32.2. The molecule has 0 radical (unpaired) electrons. The van der Waals surface area contributed by atoms with Crippen LogP contribution in [0, 0.1) is 5.92 Å². The summed E-state index contributed by atoms with van der Waals surface area (Å²) in [6.07, 6.45) is 1.52. The SMILES string of the molecule is C=C(C)CCC(=O)CSCC(C)C. The zero-order chi connectivity index (χ0) is 10.3. The normalized spacial score (nSPS) is 10.5. The third-order valence-electron chi connectivity index (χ3n) is 1.54. The Morgan fingerprint density at radius 2 is 2.00 bits per heavy atom. The summed E-state index contributed by atoms with van der Waals surface area (Å²) in [6, 6.07) is 0. The zero-order valence-corrected chi connectivity index (χ0v) is 9.75. The first-order chi connectivity index (χ1) is 6.02. The molecule has 76 valence electrons. The zero-order valence-electron chi connectivity index (χ0n) is 8.93. The van der Waals surface area contributed by atoms with Gasteiger partial charge in [-0.3, -0.25) is 4.79 Å². The second-order valence-electron chi connectivity index (χ2n) is 3.90. The molecule has 0 rings (SSSR count). The predicted octanol–water partition coefficient (Wildman–Crippen LogP) is 3.30. The van der Waals surface area contributed by atoms with Gasteiger partial charge in [0.15, 0.2) is 0 Å². The van der Waals surface area contributed by atoms with Gasteiger partial charge in [-0.05, 0) is 25.0 Å². The molecule has 0 unspecified atom stereocenters. The minimum atomic E-state index is 0.355. The van der Waals surface area contributed by atoms with Crippen molar-refractivity contribution in [3.05, 3.63) is 12.2 Å². The van der Waals surface area contributed by atoms with Crippen molar-refractivity contribution in [3.63, 3.8) is 0 Å². The van der Waals surface area contributed by atoms with Crippen LogP contribution >= 0.6 is 11.8 Å². The second kappa shape index (κ2) is 7.19. The summed E-state index contributed by atoms with van der Waals surface area (Å²) in [5.41, 5.74) is 1.10. The lowest BCUT2D eigenvalue weighted by Gasteiger charge is -2.03. The van der Waals surface area contributed by atoms with E-state index >= 15 is 0 Å². The highest BCUT2D eigenvalue weighted by Crippen LogP contribution is 2.10.